The van der Waals surface area contributed by atoms with Crippen molar-refractivity contribution in [2.45, 2.75) is 144 Å². The zero-order valence-corrected chi connectivity index (χ0v) is 33.8. The predicted octanol–water partition coefficient (Wildman–Crippen LogP) is 4.34. The summed E-state index contributed by atoms with van der Waals surface area (Å²) >= 11 is 55.1. The van der Waals surface area contributed by atoms with Gasteiger partial charge in [0.2, 0.25) is 0 Å². The Labute approximate surface area is 340 Å². The molecule has 4 aliphatic carbocycles. The summed E-state index contributed by atoms with van der Waals surface area (Å²) in [5.41, 5.74) is 0. The molecule has 9 rings (SSSR count). The molecule has 8 nitrogen and oxygen atoms in total. The molecule has 0 aromatic heterocycles. The van der Waals surface area contributed by atoms with Crippen LogP contribution < -0.4 is 42.5 Å². The van der Waals surface area contributed by atoms with E-state index in [9.17, 15) is 0 Å². The summed E-state index contributed by atoms with van der Waals surface area (Å²) in [6, 6.07) is 0. The van der Waals surface area contributed by atoms with E-state index in [1.165, 1.54) is 0 Å². The zero-order valence-electron chi connectivity index (χ0n) is 26.8. The van der Waals surface area contributed by atoms with Gasteiger partial charge < -0.3 is 0 Å². The minimum atomic E-state index is -0.0635. The number of fused-ring (bicyclic) bond motifs is 20. The van der Waals surface area contributed by atoms with Crippen molar-refractivity contribution in [1.29, 1.82) is 0 Å². The standard InChI is InChI=1S/C32H48Cl8N8.Cu/c33-17-1-9-10(2-18(17)34)26-41-25(9)45-27-11-3-19(35)20(36)4-12(11)29(42-27)47-31-15-7-23(39)24(40)8-16(15)32(44-31)48-30-14-6-22(38)21(37)5-13(14)28(43-30)46-26;/h9-32,41-48H,1-8H2;. The second-order valence-corrected chi connectivity index (χ2v) is 21.0. The van der Waals surface area contributed by atoms with Crippen molar-refractivity contribution >= 4 is 92.8 Å². The van der Waals surface area contributed by atoms with Gasteiger partial charge in [0, 0.05) is 17.1 Å². The molecular formula is C32H48Cl8CuN8. The van der Waals surface area contributed by atoms with Crippen molar-refractivity contribution in [3.8, 4) is 0 Å². The Morgan fingerprint density at radius 2 is 0.327 bits per heavy atom. The molecule has 5 saturated heterocycles. The third kappa shape index (κ3) is 6.98. The van der Waals surface area contributed by atoms with Gasteiger partial charge >= 0.3 is 0 Å². The minimum Gasteiger partial charge on any atom is -0.286 e. The van der Waals surface area contributed by atoms with Gasteiger partial charge in [-0.3, -0.25) is 42.5 Å². The van der Waals surface area contributed by atoms with Gasteiger partial charge in [-0.15, -0.1) is 92.8 Å². The van der Waals surface area contributed by atoms with Crippen LogP contribution in [0.3, 0.4) is 0 Å². The molecule has 16 unspecified atom stereocenters. The molecule has 5 heterocycles. The van der Waals surface area contributed by atoms with E-state index < -0.39 is 0 Å². The SMILES string of the molecule is ClC1CC2C3NC(NC4NC(NC5NC(NC6NC(N3)C3CC(Cl)C(Cl)CC63)C3CC(Cl)C(Cl)CC53)C3CC(Cl)C(Cl)CC43)C2CC1Cl.[Cu]. The van der Waals surface area contributed by atoms with Gasteiger partial charge in [-0.25, -0.2) is 0 Å². The van der Waals surface area contributed by atoms with Crippen molar-refractivity contribution in [3.63, 3.8) is 0 Å². The average molecular weight is 892 g/mol. The Morgan fingerprint density at radius 3 is 0.429 bits per heavy atom. The first-order valence-electron chi connectivity index (χ1n) is 18.2. The normalized spacial score (nSPS) is 61.2. The van der Waals surface area contributed by atoms with Crippen LogP contribution in [-0.2, 0) is 17.1 Å². The topological polar surface area (TPSA) is 96.2 Å². The molecule has 1 radical (unpaired) electrons. The monoisotopic (exact) mass is 887 g/mol. The van der Waals surface area contributed by atoms with Gasteiger partial charge in [0.1, 0.15) is 0 Å². The largest absolute Gasteiger partial charge is 0.286 e. The van der Waals surface area contributed by atoms with Crippen LogP contribution in [0.2, 0.25) is 0 Å². The number of hydrogen-bond donors (Lipinski definition) is 8. The molecule has 8 bridgehead atoms. The fraction of sp³-hybridized carbons (Fsp3) is 1.00. The molecular weight excluding hydrogens is 844 g/mol. The smallest absolute Gasteiger partial charge is 0.0629 e. The van der Waals surface area contributed by atoms with Crippen LogP contribution in [0.25, 0.3) is 0 Å². The van der Waals surface area contributed by atoms with Crippen LogP contribution in [0.5, 0.6) is 0 Å². The second kappa shape index (κ2) is 15.1. The molecule has 49 heavy (non-hydrogen) atoms. The molecule has 0 aromatic carbocycles. The summed E-state index contributed by atoms with van der Waals surface area (Å²) in [6.07, 6.45) is 7.35. The summed E-state index contributed by atoms with van der Waals surface area (Å²) in [5, 5.41) is 31.9. The molecule has 17 heteroatoms. The van der Waals surface area contributed by atoms with E-state index in [4.69, 9.17) is 92.8 Å². The third-order valence-electron chi connectivity index (χ3n) is 14.0. The van der Waals surface area contributed by atoms with Gasteiger partial charge in [-0.05, 0) is 98.7 Å². The second-order valence-electron chi connectivity index (χ2n) is 16.5. The predicted molar refractivity (Wildman–Crippen MR) is 197 cm³/mol. The first kappa shape index (κ1) is 38.4. The van der Waals surface area contributed by atoms with Crippen LogP contribution in [0.4, 0.5) is 0 Å². The number of hydrogen-bond acceptors (Lipinski definition) is 8. The summed E-state index contributed by atoms with van der Waals surface area (Å²) in [7, 11) is 0. The van der Waals surface area contributed by atoms with Crippen LogP contribution in [0.1, 0.15) is 51.4 Å². The maximum Gasteiger partial charge on any atom is 0.0629 e. The number of alkyl halides is 8. The van der Waals surface area contributed by atoms with E-state index in [-0.39, 0.29) is 109 Å². The summed E-state index contributed by atoms with van der Waals surface area (Å²) < 4.78 is 0. The van der Waals surface area contributed by atoms with Crippen LogP contribution in [0, 0.1) is 47.3 Å². The molecule has 9 fully saturated rings. The van der Waals surface area contributed by atoms with E-state index >= 15 is 0 Å². The van der Waals surface area contributed by atoms with Crippen LogP contribution >= 0.6 is 92.8 Å². The van der Waals surface area contributed by atoms with Gasteiger partial charge in [0.15, 0.2) is 0 Å². The summed E-state index contributed by atoms with van der Waals surface area (Å²) in [6.45, 7) is 0. The molecule has 0 amide bonds. The maximum atomic E-state index is 6.88. The molecule has 5 aliphatic heterocycles. The quantitative estimate of drug-likeness (QED) is 0.135. The van der Waals surface area contributed by atoms with Crippen molar-refractivity contribution < 1.29 is 17.1 Å². The zero-order chi connectivity index (χ0) is 33.2. The van der Waals surface area contributed by atoms with E-state index in [1.54, 1.807) is 0 Å². The Hall–Kier alpha value is 2.52. The first-order valence-corrected chi connectivity index (χ1v) is 21.7. The Balaban J connectivity index is 0.00000348. The molecule has 9 aliphatic rings. The molecule has 8 N–H and O–H groups in total. The van der Waals surface area contributed by atoms with Gasteiger partial charge in [-0.1, -0.05) is 0 Å². The maximum absolute atomic E-state index is 6.88. The average Bonchev–Trinajstić information content (AvgIpc) is 3.74. The van der Waals surface area contributed by atoms with Crippen molar-refractivity contribution in [1.82, 2.24) is 42.5 Å². The van der Waals surface area contributed by atoms with E-state index in [1.807, 2.05) is 0 Å². The number of rotatable bonds is 0. The van der Waals surface area contributed by atoms with Crippen molar-refractivity contribution in [2.24, 2.45) is 47.3 Å². The number of nitrogens with one attached hydrogen (secondary N) is 8. The Kier molecular flexibility index (Phi) is 11.8. The third-order valence-corrected chi connectivity index (χ3v) is 18.4. The van der Waals surface area contributed by atoms with E-state index in [0.29, 0.717) is 47.3 Å². The van der Waals surface area contributed by atoms with Gasteiger partial charge in [0.25, 0.3) is 0 Å². The molecule has 0 aromatic rings. The molecule has 0 spiro atoms. The minimum absolute atomic E-state index is 0. The van der Waals surface area contributed by atoms with Crippen LogP contribution in [-0.4, -0.2) is 92.3 Å². The summed E-state index contributed by atoms with van der Waals surface area (Å²) in [5.74, 6) is 2.63. The van der Waals surface area contributed by atoms with Crippen LogP contribution in [0.15, 0.2) is 0 Å². The van der Waals surface area contributed by atoms with E-state index in [2.05, 4.69) is 42.5 Å². The summed E-state index contributed by atoms with van der Waals surface area (Å²) in [4.78, 5) is 0. The molecule has 283 valence electrons. The molecule has 4 saturated carbocycles. The fourth-order valence-electron chi connectivity index (χ4n) is 11.6. The Bertz CT molecular complexity index is 948. The van der Waals surface area contributed by atoms with E-state index in [0.717, 1.165) is 51.4 Å². The van der Waals surface area contributed by atoms with Crippen molar-refractivity contribution in [3.05, 3.63) is 0 Å². The fourth-order valence-corrected chi connectivity index (χ4v) is 14.1. The van der Waals surface area contributed by atoms with Gasteiger partial charge in [-0.2, -0.15) is 0 Å². The first-order chi connectivity index (χ1) is 23.0. The molecule has 16 atom stereocenters. The number of halogens is 8. The van der Waals surface area contributed by atoms with Crippen molar-refractivity contribution in [2.75, 3.05) is 0 Å². The van der Waals surface area contributed by atoms with Gasteiger partial charge in [0.05, 0.1) is 92.3 Å². The Morgan fingerprint density at radius 1 is 0.224 bits per heavy atom.